The van der Waals surface area contributed by atoms with Crippen molar-refractivity contribution in [3.8, 4) is 0 Å². The van der Waals surface area contributed by atoms with Gasteiger partial charge in [0.25, 0.3) is 0 Å². The molecule has 118 valence electrons. The molecule has 1 aliphatic heterocycles. The minimum absolute atomic E-state index is 0.0163. The highest BCUT2D eigenvalue weighted by atomic mass is 32.2. The molecule has 0 bridgehead atoms. The fraction of sp³-hybridized carbons (Fsp3) is 0.643. The summed E-state index contributed by atoms with van der Waals surface area (Å²) in [5, 5.41) is 3.29. The number of methoxy groups -OCH3 is 1. The Morgan fingerprint density at radius 3 is 3.00 bits per heavy atom. The Kier molecular flexibility index (Phi) is 5.55. The zero-order chi connectivity index (χ0) is 15.3. The number of sulfone groups is 1. The molecule has 1 saturated heterocycles. The molecular formula is C14H23N3O3S. The first-order valence-electron chi connectivity index (χ1n) is 7.10. The summed E-state index contributed by atoms with van der Waals surface area (Å²) < 4.78 is 28.3. The van der Waals surface area contributed by atoms with Crippen molar-refractivity contribution in [1.29, 1.82) is 0 Å². The molecule has 21 heavy (non-hydrogen) atoms. The Labute approximate surface area is 126 Å². The van der Waals surface area contributed by atoms with Crippen LogP contribution in [-0.4, -0.2) is 58.3 Å². The molecule has 0 aromatic carbocycles. The van der Waals surface area contributed by atoms with Crippen LogP contribution in [0.3, 0.4) is 0 Å². The van der Waals surface area contributed by atoms with Crippen LogP contribution >= 0.6 is 0 Å². The lowest BCUT2D eigenvalue weighted by Gasteiger charge is -2.26. The molecule has 0 aliphatic carbocycles. The summed E-state index contributed by atoms with van der Waals surface area (Å²) in [6.07, 6.45) is 2.42. The van der Waals surface area contributed by atoms with Gasteiger partial charge in [0, 0.05) is 45.0 Å². The number of pyridine rings is 1. The summed E-state index contributed by atoms with van der Waals surface area (Å²) in [6, 6.07) is 3.93. The number of aromatic nitrogens is 1. The fourth-order valence-electron chi connectivity index (χ4n) is 2.54. The van der Waals surface area contributed by atoms with Crippen LogP contribution in [0.1, 0.15) is 12.0 Å². The summed E-state index contributed by atoms with van der Waals surface area (Å²) in [5.41, 5.74) is 1.07. The quantitative estimate of drug-likeness (QED) is 0.737. The Bertz CT molecular complexity index is 562. The van der Waals surface area contributed by atoms with Crippen molar-refractivity contribution in [2.24, 2.45) is 0 Å². The van der Waals surface area contributed by atoms with Crippen molar-refractivity contribution in [3.05, 3.63) is 23.9 Å². The fourth-order valence-corrected chi connectivity index (χ4v) is 4.31. The molecule has 1 unspecified atom stereocenters. The van der Waals surface area contributed by atoms with Gasteiger partial charge in [-0.2, -0.15) is 0 Å². The van der Waals surface area contributed by atoms with Gasteiger partial charge in [-0.25, -0.2) is 13.4 Å². The summed E-state index contributed by atoms with van der Waals surface area (Å²) in [4.78, 5) is 6.43. The van der Waals surface area contributed by atoms with E-state index in [-0.39, 0.29) is 17.5 Å². The third kappa shape index (κ3) is 4.39. The van der Waals surface area contributed by atoms with Crippen molar-refractivity contribution in [2.75, 3.05) is 43.7 Å². The minimum Gasteiger partial charge on any atom is -0.383 e. The number of rotatable bonds is 7. The molecule has 1 aromatic heterocycles. The van der Waals surface area contributed by atoms with E-state index in [1.165, 1.54) is 0 Å². The van der Waals surface area contributed by atoms with Crippen molar-refractivity contribution < 1.29 is 13.2 Å². The Morgan fingerprint density at radius 2 is 2.33 bits per heavy atom. The number of hydrogen-bond acceptors (Lipinski definition) is 6. The third-order valence-corrected chi connectivity index (χ3v) is 5.51. The normalized spacial score (nSPS) is 20.6. The van der Waals surface area contributed by atoms with Crippen LogP contribution in [0.4, 0.5) is 5.82 Å². The average molecular weight is 313 g/mol. The molecule has 0 radical (unpaired) electrons. The molecule has 1 aliphatic rings. The Morgan fingerprint density at radius 1 is 1.52 bits per heavy atom. The van der Waals surface area contributed by atoms with Gasteiger partial charge in [-0.1, -0.05) is 6.07 Å². The van der Waals surface area contributed by atoms with E-state index in [4.69, 9.17) is 4.74 Å². The first kappa shape index (κ1) is 16.2. The van der Waals surface area contributed by atoms with Crippen LogP contribution in [0.5, 0.6) is 0 Å². The predicted octanol–water partition coefficient (Wildman–Crippen LogP) is 0.441. The van der Waals surface area contributed by atoms with E-state index in [0.717, 1.165) is 17.9 Å². The Hall–Kier alpha value is -1.18. The highest BCUT2D eigenvalue weighted by Gasteiger charge is 2.31. The standard InChI is InChI=1S/C14H23N3O3S/c1-17(13-5-9-21(18,19)11-13)14-12(4-3-6-16-14)10-15-7-8-20-2/h3-4,6,13,15H,5,7-11H2,1-2H3. The second-order valence-electron chi connectivity index (χ2n) is 5.32. The maximum absolute atomic E-state index is 11.6. The van der Waals surface area contributed by atoms with Gasteiger partial charge >= 0.3 is 0 Å². The number of anilines is 1. The van der Waals surface area contributed by atoms with Gasteiger partial charge in [0.15, 0.2) is 9.84 Å². The second-order valence-corrected chi connectivity index (χ2v) is 7.55. The van der Waals surface area contributed by atoms with Gasteiger partial charge in [-0.3, -0.25) is 0 Å². The molecule has 2 rings (SSSR count). The predicted molar refractivity (Wildman–Crippen MR) is 83.3 cm³/mol. The lowest BCUT2D eigenvalue weighted by Crippen LogP contribution is -2.34. The average Bonchev–Trinajstić information content (AvgIpc) is 2.83. The van der Waals surface area contributed by atoms with Gasteiger partial charge < -0.3 is 15.0 Å². The lowest BCUT2D eigenvalue weighted by molar-refractivity contribution is 0.199. The van der Waals surface area contributed by atoms with Crippen LogP contribution in [0.25, 0.3) is 0 Å². The minimum atomic E-state index is -2.89. The van der Waals surface area contributed by atoms with Crippen molar-refractivity contribution in [3.63, 3.8) is 0 Å². The van der Waals surface area contributed by atoms with Crippen LogP contribution in [-0.2, 0) is 21.1 Å². The number of ether oxygens (including phenoxy) is 1. The lowest BCUT2D eigenvalue weighted by atomic mass is 10.2. The van der Waals surface area contributed by atoms with Crippen molar-refractivity contribution in [1.82, 2.24) is 10.3 Å². The first-order chi connectivity index (χ1) is 10.0. The molecule has 2 heterocycles. The zero-order valence-electron chi connectivity index (χ0n) is 12.6. The van der Waals surface area contributed by atoms with Gasteiger partial charge in [0.05, 0.1) is 18.1 Å². The van der Waals surface area contributed by atoms with Crippen LogP contribution < -0.4 is 10.2 Å². The molecule has 0 spiro atoms. The van der Waals surface area contributed by atoms with Gasteiger partial charge in [-0.15, -0.1) is 0 Å². The maximum Gasteiger partial charge on any atom is 0.152 e. The number of nitrogens with one attached hydrogen (secondary N) is 1. The van der Waals surface area contributed by atoms with E-state index in [1.54, 1.807) is 13.3 Å². The summed E-state index contributed by atoms with van der Waals surface area (Å²) in [7, 11) is 0.708. The molecule has 0 amide bonds. The maximum atomic E-state index is 11.6. The number of hydrogen-bond donors (Lipinski definition) is 1. The first-order valence-corrected chi connectivity index (χ1v) is 8.92. The van der Waals surface area contributed by atoms with Crippen molar-refractivity contribution >= 4 is 15.7 Å². The molecule has 1 fully saturated rings. The monoisotopic (exact) mass is 313 g/mol. The van der Waals surface area contributed by atoms with E-state index in [0.29, 0.717) is 19.6 Å². The molecule has 7 heteroatoms. The molecule has 0 saturated carbocycles. The van der Waals surface area contributed by atoms with E-state index in [9.17, 15) is 8.42 Å². The van der Waals surface area contributed by atoms with E-state index in [2.05, 4.69) is 10.3 Å². The molecule has 1 atom stereocenters. The largest absolute Gasteiger partial charge is 0.383 e. The smallest absolute Gasteiger partial charge is 0.152 e. The second kappa shape index (κ2) is 7.20. The zero-order valence-corrected chi connectivity index (χ0v) is 13.4. The molecule has 6 nitrogen and oxygen atoms in total. The Balaban J connectivity index is 2.05. The topological polar surface area (TPSA) is 71.5 Å². The highest BCUT2D eigenvalue weighted by molar-refractivity contribution is 7.91. The molecule has 1 aromatic rings. The van der Waals surface area contributed by atoms with Crippen LogP contribution in [0.15, 0.2) is 18.3 Å². The van der Waals surface area contributed by atoms with Crippen LogP contribution in [0, 0.1) is 0 Å². The van der Waals surface area contributed by atoms with Crippen molar-refractivity contribution in [2.45, 2.75) is 19.0 Å². The molecular weight excluding hydrogens is 290 g/mol. The van der Waals surface area contributed by atoms with Gasteiger partial charge in [0.1, 0.15) is 5.82 Å². The SMILES string of the molecule is COCCNCc1cccnc1N(C)C1CCS(=O)(=O)C1. The summed E-state index contributed by atoms with van der Waals surface area (Å²) in [5.74, 6) is 1.34. The van der Waals surface area contributed by atoms with Crippen LogP contribution in [0.2, 0.25) is 0 Å². The van der Waals surface area contributed by atoms with E-state index >= 15 is 0 Å². The van der Waals surface area contributed by atoms with E-state index in [1.807, 2.05) is 24.1 Å². The van der Waals surface area contributed by atoms with Gasteiger partial charge in [0.2, 0.25) is 0 Å². The third-order valence-electron chi connectivity index (χ3n) is 3.76. The number of nitrogens with zero attached hydrogens (tertiary/aromatic N) is 2. The highest BCUT2D eigenvalue weighted by Crippen LogP contribution is 2.24. The van der Waals surface area contributed by atoms with Gasteiger partial charge in [-0.05, 0) is 12.5 Å². The molecule has 1 N–H and O–H groups in total. The summed E-state index contributed by atoms with van der Waals surface area (Å²) >= 11 is 0. The van der Waals surface area contributed by atoms with E-state index < -0.39 is 9.84 Å². The summed E-state index contributed by atoms with van der Waals surface area (Å²) in [6.45, 7) is 2.12.